The fourth-order valence-corrected chi connectivity index (χ4v) is 2.47. The minimum absolute atomic E-state index is 0.0343. The molecule has 0 aliphatic heterocycles. The van der Waals surface area contributed by atoms with Gasteiger partial charge in [0, 0.05) is 23.1 Å². The average molecular weight is 265 g/mol. The Hall–Kier alpha value is -1.00. The summed E-state index contributed by atoms with van der Waals surface area (Å²) in [5.74, 6) is 0.527. The standard InChI is InChI=1S/C14H19NO2S/c1-18-12-6-4-11(5-7-12)14(17)15-13(8-9-16)10-2-3-10/h4-7,10,13,16H,2-3,8-9H2,1H3,(H,15,17). The molecule has 0 heterocycles. The Morgan fingerprint density at radius 1 is 1.44 bits per heavy atom. The SMILES string of the molecule is CSc1ccc(C(=O)NC(CCO)C2CC2)cc1. The molecular weight excluding hydrogens is 246 g/mol. The van der Waals surface area contributed by atoms with Crippen LogP contribution >= 0.6 is 11.8 Å². The van der Waals surface area contributed by atoms with Crippen LogP contribution in [0.1, 0.15) is 29.6 Å². The molecule has 98 valence electrons. The van der Waals surface area contributed by atoms with Gasteiger partial charge in [-0.25, -0.2) is 0 Å². The molecule has 1 aromatic carbocycles. The van der Waals surface area contributed by atoms with Gasteiger partial charge >= 0.3 is 0 Å². The summed E-state index contributed by atoms with van der Waals surface area (Å²) in [4.78, 5) is 13.2. The second-order valence-electron chi connectivity index (χ2n) is 4.66. The molecule has 0 aromatic heterocycles. The average Bonchev–Trinajstić information content (AvgIpc) is 3.22. The first-order valence-electron chi connectivity index (χ1n) is 6.30. The molecule has 2 rings (SSSR count). The number of aliphatic hydroxyl groups is 1. The van der Waals surface area contributed by atoms with Crippen molar-refractivity contribution in [3.05, 3.63) is 29.8 Å². The molecule has 0 bridgehead atoms. The maximum atomic E-state index is 12.1. The van der Waals surface area contributed by atoms with E-state index in [0.717, 1.165) is 17.7 Å². The van der Waals surface area contributed by atoms with Gasteiger partial charge in [0.2, 0.25) is 0 Å². The largest absolute Gasteiger partial charge is 0.396 e. The predicted molar refractivity (Wildman–Crippen MR) is 73.9 cm³/mol. The van der Waals surface area contributed by atoms with Crippen molar-refractivity contribution in [3.63, 3.8) is 0 Å². The number of rotatable bonds is 6. The monoisotopic (exact) mass is 265 g/mol. The van der Waals surface area contributed by atoms with E-state index in [0.29, 0.717) is 17.9 Å². The lowest BCUT2D eigenvalue weighted by atomic mass is 10.1. The lowest BCUT2D eigenvalue weighted by Gasteiger charge is -2.17. The van der Waals surface area contributed by atoms with E-state index in [1.165, 1.54) is 0 Å². The van der Waals surface area contributed by atoms with Gasteiger partial charge in [-0.3, -0.25) is 4.79 Å². The number of carbonyl (C=O) groups is 1. The van der Waals surface area contributed by atoms with Crippen molar-refractivity contribution in [2.24, 2.45) is 5.92 Å². The summed E-state index contributed by atoms with van der Waals surface area (Å²) in [6, 6.07) is 7.74. The molecule has 18 heavy (non-hydrogen) atoms. The molecule has 0 radical (unpaired) electrons. The number of nitrogens with one attached hydrogen (secondary N) is 1. The van der Waals surface area contributed by atoms with E-state index >= 15 is 0 Å². The molecule has 2 N–H and O–H groups in total. The highest BCUT2D eigenvalue weighted by atomic mass is 32.2. The van der Waals surface area contributed by atoms with Crippen LogP contribution in [0.4, 0.5) is 0 Å². The van der Waals surface area contributed by atoms with E-state index in [4.69, 9.17) is 5.11 Å². The van der Waals surface area contributed by atoms with Gasteiger partial charge in [0.1, 0.15) is 0 Å². The van der Waals surface area contributed by atoms with Crippen LogP contribution in [0.2, 0.25) is 0 Å². The molecule has 3 nitrogen and oxygen atoms in total. The molecule has 1 amide bonds. The van der Waals surface area contributed by atoms with Gasteiger partial charge < -0.3 is 10.4 Å². The van der Waals surface area contributed by atoms with Crippen LogP contribution in [0.5, 0.6) is 0 Å². The fraction of sp³-hybridized carbons (Fsp3) is 0.500. The van der Waals surface area contributed by atoms with Crippen LogP contribution in [0.25, 0.3) is 0 Å². The molecule has 1 fully saturated rings. The van der Waals surface area contributed by atoms with E-state index in [1.807, 2.05) is 30.5 Å². The number of thioether (sulfide) groups is 1. The number of hydrogen-bond donors (Lipinski definition) is 2. The van der Waals surface area contributed by atoms with Crippen LogP contribution in [0.3, 0.4) is 0 Å². The molecule has 1 unspecified atom stereocenters. The van der Waals surface area contributed by atoms with E-state index in [9.17, 15) is 4.79 Å². The maximum absolute atomic E-state index is 12.1. The van der Waals surface area contributed by atoms with E-state index in [2.05, 4.69) is 5.32 Å². The minimum Gasteiger partial charge on any atom is -0.396 e. The van der Waals surface area contributed by atoms with Crippen molar-refractivity contribution in [1.29, 1.82) is 0 Å². The second-order valence-corrected chi connectivity index (χ2v) is 5.54. The Morgan fingerprint density at radius 2 is 2.11 bits per heavy atom. The van der Waals surface area contributed by atoms with Crippen LogP contribution in [0.15, 0.2) is 29.2 Å². The maximum Gasteiger partial charge on any atom is 0.251 e. The number of benzene rings is 1. The van der Waals surface area contributed by atoms with E-state index < -0.39 is 0 Å². The summed E-state index contributed by atoms with van der Waals surface area (Å²) in [5, 5.41) is 12.0. The Morgan fingerprint density at radius 3 is 2.61 bits per heavy atom. The summed E-state index contributed by atoms with van der Waals surface area (Å²) in [6.45, 7) is 0.132. The Balaban J connectivity index is 1.96. The quantitative estimate of drug-likeness (QED) is 0.776. The summed E-state index contributed by atoms with van der Waals surface area (Å²) in [7, 11) is 0. The van der Waals surface area contributed by atoms with E-state index in [-0.39, 0.29) is 18.6 Å². The lowest BCUT2D eigenvalue weighted by molar-refractivity contribution is 0.0924. The van der Waals surface area contributed by atoms with Crippen molar-refractivity contribution >= 4 is 17.7 Å². The predicted octanol–water partition coefficient (Wildman–Crippen LogP) is 2.30. The van der Waals surface area contributed by atoms with E-state index in [1.54, 1.807) is 11.8 Å². The third-order valence-corrected chi connectivity index (χ3v) is 4.04. The van der Waals surface area contributed by atoms with Gasteiger partial charge in [-0.15, -0.1) is 11.8 Å². The number of amides is 1. The third kappa shape index (κ3) is 3.50. The molecule has 1 atom stereocenters. The summed E-state index contributed by atoms with van der Waals surface area (Å²) in [6.07, 6.45) is 4.99. The van der Waals surface area contributed by atoms with Crippen molar-refractivity contribution in [2.75, 3.05) is 12.9 Å². The first-order valence-corrected chi connectivity index (χ1v) is 7.53. The number of carbonyl (C=O) groups excluding carboxylic acids is 1. The fourth-order valence-electron chi connectivity index (χ4n) is 2.06. The summed E-state index contributed by atoms with van der Waals surface area (Å²) >= 11 is 1.66. The van der Waals surface area contributed by atoms with Gasteiger partial charge in [0.15, 0.2) is 0 Å². The first-order chi connectivity index (χ1) is 8.74. The highest BCUT2D eigenvalue weighted by Gasteiger charge is 2.31. The molecule has 0 spiro atoms. The Kier molecular flexibility index (Phi) is 4.66. The molecule has 0 saturated heterocycles. The third-order valence-electron chi connectivity index (χ3n) is 3.30. The molecule has 1 aromatic rings. The lowest BCUT2D eigenvalue weighted by Crippen LogP contribution is -2.37. The van der Waals surface area contributed by atoms with Gasteiger partial charge in [-0.05, 0) is 55.7 Å². The molecule has 4 heteroatoms. The zero-order chi connectivity index (χ0) is 13.0. The zero-order valence-corrected chi connectivity index (χ0v) is 11.4. The summed E-state index contributed by atoms with van der Waals surface area (Å²) in [5.41, 5.74) is 0.691. The highest BCUT2D eigenvalue weighted by molar-refractivity contribution is 7.98. The summed E-state index contributed by atoms with van der Waals surface area (Å²) < 4.78 is 0. The van der Waals surface area contributed by atoms with Gasteiger partial charge in [0.05, 0.1) is 0 Å². The molecular formula is C14H19NO2S. The van der Waals surface area contributed by atoms with Crippen LogP contribution < -0.4 is 5.32 Å². The Bertz CT molecular complexity index is 401. The van der Waals surface area contributed by atoms with Crippen molar-refractivity contribution < 1.29 is 9.90 Å². The molecule has 1 aliphatic carbocycles. The molecule has 1 aliphatic rings. The molecule has 1 saturated carbocycles. The number of hydrogen-bond acceptors (Lipinski definition) is 3. The van der Waals surface area contributed by atoms with Crippen LogP contribution in [0, 0.1) is 5.92 Å². The second kappa shape index (κ2) is 6.25. The first kappa shape index (κ1) is 13.4. The van der Waals surface area contributed by atoms with Gasteiger partial charge in [-0.1, -0.05) is 0 Å². The Labute approximate surface area is 112 Å². The van der Waals surface area contributed by atoms with Gasteiger partial charge in [-0.2, -0.15) is 0 Å². The smallest absolute Gasteiger partial charge is 0.251 e. The number of aliphatic hydroxyl groups excluding tert-OH is 1. The normalized spacial score (nSPS) is 16.3. The van der Waals surface area contributed by atoms with Crippen LogP contribution in [-0.2, 0) is 0 Å². The van der Waals surface area contributed by atoms with Crippen LogP contribution in [-0.4, -0.2) is 29.9 Å². The highest BCUT2D eigenvalue weighted by Crippen LogP contribution is 2.34. The van der Waals surface area contributed by atoms with Crippen molar-refractivity contribution in [3.8, 4) is 0 Å². The van der Waals surface area contributed by atoms with Gasteiger partial charge in [0.25, 0.3) is 5.91 Å². The zero-order valence-electron chi connectivity index (χ0n) is 10.6. The van der Waals surface area contributed by atoms with Crippen molar-refractivity contribution in [2.45, 2.75) is 30.2 Å². The topological polar surface area (TPSA) is 49.3 Å². The van der Waals surface area contributed by atoms with Crippen molar-refractivity contribution in [1.82, 2.24) is 5.32 Å². The minimum atomic E-state index is -0.0343.